The van der Waals surface area contributed by atoms with Crippen molar-refractivity contribution in [3.05, 3.63) is 29.5 Å². The Kier molecular flexibility index (Phi) is 4.65. The summed E-state index contributed by atoms with van der Waals surface area (Å²) in [5.74, 6) is 0.662. The van der Waals surface area contributed by atoms with E-state index in [0.29, 0.717) is 23.6 Å². The number of fused-ring (bicyclic) bond motifs is 1. The molecule has 3 heterocycles. The van der Waals surface area contributed by atoms with Gasteiger partial charge in [-0.25, -0.2) is 9.67 Å². The van der Waals surface area contributed by atoms with Crippen LogP contribution in [0.2, 0.25) is 0 Å². The second-order valence-electron chi connectivity index (χ2n) is 6.78. The highest BCUT2D eigenvalue weighted by molar-refractivity contribution is 5.82. The maximum atomic E-state index is 9.29. The van der Waals surface area contributed by atoms with Gasteiger partial charge in [0.15, 0.2) is 11.5 Å². The fraction of sp³-hybridized carbons (Fsp3) is 0.474. The molecule has 0 aliphatic carbocycles. The van der Waals surface area contributed by atoms with Gasteiger partial charge in [0.1, 0.15) is 6.23 Å². The van der Waals surface area contributed by atoms with Crippen LogP contribution in [0, 0.1) is 0 Å². The van der Waals surface area contributed by atoms with E-state index in [4.69, 9.17) is 15.5 Å². The second-order valence-corrected chi connectivity index (χ2v) is 6.78. The van der Waals surface area contributed by atoms with Gasteiger partial charge in [-0.2, -0.15) is 5.10 Å². The summed E-state index contributed by atoms with van der Waals surface area (Å²) in [5.41, 5.74) is 11.6. The molecule has 1 saturated heterocycles. The highest BCUT2D eigenvalue weighted by Gasteiger charge is 2.20. The molecule has 1 atom stereocenters. The average Bonchev–Trinajstić information content (AvgIpc) is 3.24. The van der Waals surface area contributed by atoms with Crippen molar-refractivity contribution in [3.8, 4) is 11.5 Å². The van der Waals surface area contributed by atoms with Crippen LogP contribution in [0.5, 0.6) is 0 Å². The van der Waals surface area contributed by atoms with Crippen LogP contribution in [0.3, 0.4) is 0 Å². The van der Waals surface area contributed by atoms with Crippen molar-refractivity contribution < 1.29 is 9.84 Å². The van der Waals surface area contributed by atoms with Crippen molar-refractivity contribution >= 4 is 16.7 Å². The van der Waals surface area contributed by atoms with E-state index in [9.17, 15) is 5.11 Å². The molecule has 2 aromatic heterocycles. The molecule has 7 nitrogen and oxygen atoms in total. The van der Waals surface area contributed by atoms with Crippen LogP contribution in [0.1, 0.15) is 43.5 Å². The summed E-state index contributed by atoms with van der Waals surface area (Å²) in [4.78, 5) is 8.03. The van der Waals surface area contributed by atoms with Gasteiger partial charge in [-0.1, -0.05) is 6.92 Å². The quantitative estimate of drug-likeness (QED) is 0.653. The molecule has 138 valence electrons. The number of aliphatic hydroxyl groups excluding tert-OH is 1. The summed E-state index contributed by atoms with van der Waals surface area (Å²) in [7, 11) is 0. The van der Waals surface area contributed by atoms with E-state index in [1.54, 1.807) is 0 Å². The van der Waals surface area contributed by atoms with Crippen molar-refractivity contribution in [3.63, 3.8) is 0 Å². The van der Waals surface area contributed by atoms with Crippen LogP contribution in [-0.2, 0) is 17.6 Å². The number of H-pyrrole nitrogens is 1. The summed E-state index contributed by atoms with van der Waals surface area (Å²) in [6.45, 7) is 3.01. The smallest absolute Gasteiger partial charge is 0.161 e. The average molecular weight is 355 g/mol. The number of aryl methyl sites for hydroxylation is 1. The zero-order chi connectivity index (χ0) is 18.1. The van der Waals surface area contributed by atoms with E-state index in [2.05, 4.69) is 29.1 Å². The van der Waals surface area contributed by atoms with Gasteiger partial charge in [0.25, 0.3) is 0 Å². The van der Waals surface area contributed by atoms with E-state index >= 15 is 0 Å². The molecule has 3 aromatic rings. The number of anilines is 1. The zero-order valence-electron chi connectivity index (χ0n) is 15.0. The number of nitrogen functional groups attached to an aromatic ring is 1. The number of nitrogens with zero attached hydrogens (tertiary/aromatic N) is 3. The lowest BCUT2D eigenvalue weighted by molar-refractivity contribution is -0.0393. The Morgan fingerprint density at radius 2 is 2.23 bits per heavy atom. The van der Waals surface area contributed by atoms with Gasteiger partial charge in [0, 0.05) is 13.2 Å². The first kappa shape index (κ1) is 17.1. The van der Waals surface area contributed by atoms with Gasteiger partial charge in [0.2, 0.25) is 0 Å². The minimum atomic E-state index is -0.0490. The largest absolute Gasteiger partial charge is 0.396 e. The first-order valence-corrected chi connectivity index (χ1v) is 9.28. The summed E-state index contributed by atoms with van der Waals surface area (Å²) in [5, 5.41) is 13.9. The van der Waals surface area contributed by atoms with Crippen LogP contribution in [0.4, 0.5) is 5.69 Å². The Bertz CT molecular complexity index is 908. The third-order valence-electron chi connectivity index (χ3n) is 5.00. The summed E-state index contributed by atoms with van der Waals surface area (Å²) >= 11 is 0. The van der Waals surface area contributed by atoms with Crippen molar-refractivity contribution in [2.75, 3.05) is 18.9 Å². The molecule has 0 saturated carbocycles. The lowest BCUT2D eigenvalue weighted by atomic mass is 10.0. The number of rotatable bonds is 5. The number of hydrogen-bond acceptors (Lipinski definition) is 5. The van der Waals surface area contributed by atoms with Crippen molar-refractivity contribution in [2.24, 2.45) is 0 Å². The Morgan fingerprint density at radius 1 is 1.35 bits per heavy atom. The topological polar surface area (TPSA) is 102 Å². The fourth-order valence-corrected chi connectivity index (χ4v) is 3.61. The molecule has 0 radical (unpaired) electrons. The van der Waals surface area contributed by atoms with Crippen LogP contribution in [0.15, 0.2) is 18.3 Å². The van der Waals surface area contributed by atoms with Gasteiger partial charge in [-0.15, -0.1) is 0 Å². The number of nitrogens with one attached hydrogen (secondary N) is 1. The lowest BCUT2D eigenvalue weighted by Crippen LogP contribution is -2.18. The maximum Gasteiger partial charge on any atom is 0.161 e. The summed E-state index contributed by atoms with van der Waals surface area (Å²) in [6, 6.07) is 4.15. The van der Waals surface area contributed by atoms with Crippen LogP contribution >= 0.6 is 0 Å². The molecule has 1 unspecified atom stereocenters. The van der Waals surface area contributed by atoms with Crippen molar-refractivity contribution in [2.45, 2.75) is 45.3 Å². The number of aromatic amines is 1. The Morgan fingerprint density at radius 3 is 2.96 bits per heavy atom. The highest BCUT2D eigenvalue weighted by Crippen LogP contribution is 2.29. The number of aromatic nitrogens is 4. The number of benzene rings is 1. The molecule has 1 aliphatic heterocycles. The summed E-state index contributed by atoms with van der Waals surface area (Å²) < 4.78 is 7.60. The normalized spacial score (nSPS) is 17.8. The first-order valence-electron chi connectivity index (χ1n) is 9.28. The number of aliphatic hydroxyl groups is 1. The number of hydrogen-bond donors (Lipinski definition) is 3. The molecule has 4 rings (SSSR count). The molecule has 7 heteroatoms. The number of ether oxygens (including phenoxy) is 1. The van der Waals surface area contributed by atoms with Crippen LogP contribution in [0.25, 0.3) is 22.6 Å². The standard InChI is InChI=1S/C19H25N5O2/c1-2-12-9-15-16(10-13(12)6-7-25)22-19(21-15)18-14(20)11-24(23-18)17-5-3-4-8-26-17/h9-11,17,25H,2-8,20H2,1H3,(H,21,22). The Labute approximate surface area is 152 Å². The lowest BCUT2D eigenvalue weighted by Gasteiger charge is -2.22. The minimum absolute atomic E-state index is 0.0490. The Hall–Kier alpha value is -2.38. The van der Waals surface area contributed by atoms with Gasteiger partial charge in [0.05, 0.1) is 22.9 Å². The third-order valence-corrected chi connectivity index (χ3v) is 5.00. The molecule has 0 spiro atoms. The van der Waals surface area contributed by atoms with Crippen molar-refractivity contribution in [1.82, 2.24) is 19.7 Å². The molecule has 0 amide bonds. The van der Waals surface area contributed by atoms with Crippen LogP contribution < -0.4 is 5.73 Å². The third kappa shape index (κ3) is 3.08. The van der Waals surface area contributed by atoms with E-state index in [1.165, 1.54) is 5.56 Å². The fourth-order valence-electron chi connectivity index (χ4n) is 3.61. The monoisotopic (exact) mass is 355 g/mol. The molecule has 1 aromatic carbocycles. The molecular formula is C19H25N5O2. The van der Waals surface area contributed by atoms with E-state index in [-0.39, 0.29) is 12.8 Å². The number of nitrogens with two attached hydrogens (primary N) is 1. The van der Waals surface area contributed by atoms with Gasteiger partial charge < -0.3 is 20.6 Å². The predicted molar refractivity (Wildman–Crippen MR) is 101 cm³/mol. The van der Waals surface area contributed by atoms with Gasteiger partial charge in [-0.05, 0) is 55.4 Å². The minimum Gasteiger partial charge on any atom is -0.396 e. The second kappa shape index (κ2) is 7.09. The molecule has 4 N–H and O–H groups in total. The van der Waals surface area contributed by atoms with E-state index < -0.39 is 0 Å². The summed E-state index contributed by atoms with van der Waals surface area (Å²) in [6.07, 6.45) is 6.51. The van der Waals surface area contributed by atoms with E-state index in [0.717, 1.165) is 48.9 Å². The highest BCUT2D eigenvalue weighted by atomic mass is 16.5. The predicted octanol–water partition coefficient (Wildman–Crippen LogP) is 2.80. The molecule has 1 aliphatic rings. The SMILES string of the molecule is CCc1cc2nc(-c3nn(C4CCCCO4)cc3N)[nH]c2cc1CCO. The Balaban J connectivity index is 1.71. The molecular weight excluding hydrogens is 330 g/mol. The van der Waals surface area contributed by atoms with Crippen LogP contribution in [-0.4, -0.2) is 38.1 Å². The number of imidazole rings is 1. The van der Waals surface area contributed by atoms with Gasteiger partial charge >= 0.3 is 0 Å². The van der Waals surface area contributed by atoms with E-state index in [1.807, 2.05) is 10.9 Å². The van der Waals surface area contributed by atoms with Gasteiger partial charge in [-0.3, -0.25) is 0 Å². The maximum absolute atomic E-state index is 9.29. The molecule has 1 fully saturated rings. The molecule has 0 bridgehead atoms. The molecule has 26 heavy (non-hydrogen) atoms. The first-order chi connectivity index (χ1) is 12.7. The van der Waals surface area contributed by atoms with Crippen molar-refractivity contribution in [1.29, 1.82) is 0 Å². The zero-order valence-corrected chi connectivity index (χ0v) is 15.0.